The molecule has 0 radical (unpaired) electrons. The Morgan fingerprint density at radius 1 is 1.10 bits per heavy atom. The highest BCUT2D eigenvalue weighted by Gasteiger charge is 2.47. The molecule has 152 valence electrons. The van der Waals surface area contributed by atoms with Crippen molar-refractivity contribution < 1.29 is 9.18 Å². The van der Waals surface area contributed by atoms with E-state index >= 15 is 0 Å². The van der Waals surface area contributed by atoms with Crippen LogP contribution in [0.4, 0.5) is 4.39 Å². The number of hydrogen-bond donors (Lipinski definition) is 1. The van der Waals surface area contributed by atoms with E-state index in [-0.39, 0.29) is 17.6 Å². The van der Waals surface area contributed by atoms with Gasteiger partial charge >= 0.3 is 0 Å². The van der Waals surface area contributed by atoms with Gasteiger partial charge in [-0.1, -0.05) is 6.07 Å². The number of amides is 1. The molecular formula is C24H23FN4O. The van der Waals surface area contributed by atoms with E-state index in [1.165, 1.54) is 29.8 Å². The van der Waals surface area contributed by atoms with E-state index in [1.54, 1.807) is 0 Å². The predicted molar refractivity (Wildman–Crippen MR) is 111 cm³/mol. The molecule has 2 aliphatic carbocycles. The quantitative estimate of drug-likeness (QED) is 0.710. The number of aromatic nitrogens is 3. The second kappa shape index (κ2) is 7.27. The van der Waals surface area contributed by atoms with E-state index in [9.17, 15) is 9.18 Å². The fourth-order valence-electron chi connectivity index (χ4n) is 4.36. The van der Waals surface area contributed by atoms with Crippen LogP contribution in [0.3, 0.4) is 0 Å². The van der Waals surface area contributed by atoms with E-state index < -0.39 is 5.54 Å². The molecule has 1 atom stereocenters. The number of nitrogens with zero attached hydrogens (tertiary/aromatic N) is 3. The van der Waals surface area contributed by atoms with Crippen molar-refractivity contribution in [3.63, 3.8) is 0 Å². The molecule has 2 aromatic heterocycles. The number of halogens is 1. The predicted octanol–water partition coefficient (Wildman–Crippen LogP) is 4.21. The van der Waals surface area contributed by atoms with Gasteiger partial charge in [0, 0.05) is 23.4 Å². The molecule has 1 aromatic carbocycles. The van der Waals surface area contributed by atoms with Gasteiger partial charge in [0.2, 0.25) is 0 Å². The summed E-state index contributed by atoms with van der Waals surface area (Å²) in [5.41, 5.74) is 4.32. The largest absolute Gasteiger partial charge is 0.341 e. The smallest absolute Gasteiger partial charge is 0.252 e. The monoisotopic (exact) mass is 402 g/mol. The molecule has 1 amide bonds. The van der Waals surface area contributed by atoms with Gasteiger partial charge < -0.3 is 5.32 Å². The van der Waals surface area contributed by atoms with E-state index in [1.807, 2.05) is 25.3 Å². The summed E-state index contributed by atoms with van der Waals surface area (Å²) in [6.07, 6.45) is 6.59. The summed E-state index contributed by atoms with van der Waals surface area (Å²) in [5.74, 6) is 0.476. The minimum atomic E-state index is -0.418. The Kier molecular flexibility index (Phi) is 4.57. The number of rotatable bonds is 4. The molecule has 5 rings (SSSR count). The normalized spacial score (nSPS) is 19.1. The van der Waals surface area contributed by atoms with Gasteiger partial charge in [0.1, 0.15) is 11.6 Å². The molecule has 3 aromatic rings. The first-order valence-electron chi connectivity index (χ1n) is 10.4. The van der Waals surface area contributed by atoms with Crippen molar-refractivity contribution in [3.05, 3.63) is 88.5 Å². The van der Waals surface area contributed by atoms with Crippen molar-refractivity contribution in [2.75, 3.05) is 0 Å². The van der Waals surface area contributed by atoms with Crippen LogP contribution in [0.15, 0.2) is 48.7 Å². The topological polar surface area (TPSA) is 67.8 Å². The van der Waals surface area contributed by atoms with Crippen LogP contribution < -0.4 is 5.32 Å². The van der Waals surface area contributed by atoms with Crippen molar-refractivity contribution in [2.45, 2.75) is 50.5 Å². The third-order valence-electron chi connectivity index (χ3n) is 6.15. The standard InChI is InChI=1S/C24H23FN4O/c1-15-26-14-11-21(27-15)18-3-2-4-20-19(18)9-10-22(28-20)24(12-13-24)29-23(30)16-5-7-17(25)8-6-16/h5-11,14,18H,2-4,12-13H2,1H3,(H,29,30)/t18-/m0/s1. The SMILES string of the molecule is Cc1nccc([C@H]2CCCc3nc(C4(NC(=O)c5ccc(F)cc5)CC4)ccc32)n1. The lowest BCUT2D eigenvalue weighted by Gasteiger charge is -2.26. The summed E-state index contributed by atoms with van der Waals surface area (Å²) >= 11 is 0. The minimum absolute atomic E-state index is 0.193. The van der Waals surface area contributed by atoms with Crippen molar-refractivity contribution >= 4 is 5.91 Å². The van der Waals surface area contributed by atoms with Crippen LogP contribution in [-0.4, -0.2) is 20.9 Å². The highest BCUT2D eigenvalue weighted by atomic mass is 19.1. The number of pyridine rings is 1. The van der Waals surface area contributed by atoms with E-state index in [4.69, 9.17) is 4.98 Å². The van der Waals surface area contributed by atoms with Crippen LogP contribution in [0.25, 0.3) is 0 Å². The van der Waals surface area contributed by atoms with Crippen molar-refractivity contribution in [1.82, 2.24) is 20.3 Å². The van der Waals surface area contributed by atoms with Crippen molar-refractivity contribution in [3.8, 4) is 0 Å². The highest BCUT2D eigenvalue weighted by Crippen LogP contribution is 2.46. The highest BCUT2D eigenvalue weighted by molar-refractivity contribution is 5.95. The molecule has 6 heteroatoms. The Morgan fingerprint density at radius 3 is 2.63 bits per heavy atom. The Morgan fingerprint density at radius 2 is 1.90 bits per heavy atom. The zero-order chi connectivity index (χ0) is 20.7. The molecule has 0 saturated heterocycles. The van der Waals surface area contributed by atoms with Crippen LogP contribution >= 0.6 is 0 Å². The average Bonchev–Trinajstić information content (AvgIpc) is 3.54. The summed E-state index contributed by atoms with van der Waals surface area (Å²) < 4.78 is 13.2. The number of benzene rings is 1. The van der Waals surface area contributed by atoms with Gasteiger partial charge in [-0.25, -0.2) is 14.4 Å². The Balaban J connectivity index is 1.41. The molecule has 0 unspecified atom stereocenters. The minimum Gasteiger partial charge on any atom is -0.341 e. The molecule has 0 aliphatic heterocycles. The summed E-state index contributed by atoms with van der Waals surface area (Å²) in [6.45, 7) is 1.91. The Bertz CT molecular complexity index is 1110. The molecule has 2 aliphatic rings. The molecule has 30 heavy (non-hydrogen) atoms. The third-order valence-corrected chi connectivity index (χ3v) is 6.15. The third kappa shape index (κ3) is 3.47. The molecule has 1 fully saturated rings. The van der Waals surface area contributed by atoms with Gasteiger partial charge in [0.15, 0.2) is 0 Å². The first kappa shape index (κ1) is 18.9. The summed E-state index contributed by atoms with van der Waals surface area (Å²) in [6, 6.07) is 11.8. The maximum Gasteiger partial charge on any atom is 0.252 e. The lowest BCUT2D eigenvalue weighted by atomic mass is 9.83. The van der Waals surface area contributed by atoms with Crippen LogP contribution in [0, 0.1) is 12.7 Å². The lowest BCUT2D eigenvalue weighted by molar-refractivity contribution is 0.0929. The average molecular weight is 402 g/mol. The fourth-order valence-corrected chi connectivity index (χ4v) is 4.36. The van der Waals surface area contributed by atoms with Gasteiger partial charge in [-0.3, -0.25) is 9.78 Å². The zero-order valence-electron chi connectivity index (χ0n) is 16.9. The summed E-state index contributed by atoms with van der Waals surface area (Å²) in [4.78, 5) is 26.5. The number of carbonyl (C=O) groups excluding carboxylic acids is 1. The lowest BCUT2D eigenvalue weighted by Crippen LogP contribution is -2.36. The molecule has 0 bridgehead atoms. The number of fused-ring (bicyclic) bond motifs is 1. The first-order valence-corrected chi connectivity index (χ1v) is 10.4. The Hall–Kier alpha value is -3.15. The van der Waals surface area contributed by atoms with Crippen LogP contribution in [-0.2, 0) is 12.0 Å². The summed E-state index contributed by atoms with van der Waals surface area (Å²) in [7, 11) is 0. The van der Waals surface area contributed by atoms with Crippen LogP contribution in [0.2, 0.25) is 0 Å². The van der Waals surface area contributed by atoms with E-state index in [2.05, 4.69) is 21.4 Å². The molecule has 0 spiro atoms. The fraction of sp³-hybridized carbons (Fsp3) is 0.333. The van der Waals surface area contributed by atoms with Gasteiger partial charge in [0.05, 0.1) is 16.9 Å². The van der Waals surface area contributed by atoms with E-state index in [0.29, 0.717) is 5.56 Å². The summed E-state index contributed by atoms with van der Waals surface area (Å²) in [5, 5.41) is 3.13. The van der Waals surface area contributed by atoms with Crippen LogP contribution in [0.5, 0.6) is 0 Å². The number of nitrogens with one attached hydrogen (secondary N) is 1. The van der Waals surface area contributed by atoms with Gasteiger partial charge in [-0.2, -0.15) is 0 Å². The molecular weight excluding hydrogens is 379 g/mol. The maximum absolute atomic E-state index is 13.2. The maximum atomic E-state index is 13.2. The number of hydrogen-bond acceptors (Lipinski definition) is 4. The first-order chi connectivity index (χ1) is 14.5. The van der Waals surface area contributed by atoms with Crippen LogP contribution in [0.1, 0.15) is 70.4 Å². The second-order valence-corrected chi connectivity index (χ2v) is 8.25. The molecule has 5 nitrogen and oxygen atoms in total. The second-order valence-electron chi connectivity index (χ2n) is 8.25. The van der Waals surface area contributed by atoms with Crippen molar-refractivity contribution in [2.24, 2.45) is 0 Å². The Labute approximate surface area is 174 Å². The van der Waals surface area contributed by atoms with Gasteiger partial charge in [-0.15, -0.1) is 0 Å². The van der Waals surface area contributed by atoms with Gasteiger partial charge in [-0.05, 0) is 81.0 Å². The molecule has 1 saturated carbocycles. The number of aryl methyl sites for hydroxylation is 2. The molecule has 2 heterocycles. The molecule has 1 N–H and O–H groups in total. The van der Waals surface area contributed by atoms with Crippen molar-refractivity contribution in [1.29, 1.82) is 0 Å². The zero-order valence-corrected chi connectivity index (χ0v) is 16.9. The van der Waals surface area contributed by atoms with Gasteiger partial charge in [0.25, 0.3) is 5.91 Å². The number of carbonyl (C=O) groups is 1. The van der Waals surface area contributed by atoms with E-state index in [0.717, 1.165) is 55.0 Å².